The van der Waals surface area contributed by atoms with Gasteiger partial charge >= 0.3 is 5.97 Å². The van der Waals surface area contributed by atoms with Gasteiger partial charge in [-0.05, 0) is 12.1 Å². The first-order chi connectivity index (χ1) is 8.16. The van der Waals surface area contributed by atoms with Crippen molar-refractivity contribution in [3.8, 4) is 0 Å². The number of carboxylic acid groups (broad SMARTS) is 1. The number of hydrogen-bond donors (Lipinski definition) is 1. The molecule has 94 valence electrons. The quantitative estimate of drug-likeness (QED) is 0.829. The second kappa shape index (κ2) is 5.33. The molecule has 2 rings (SSSR count). The van der Waals surface area contributed by atoms with Gasteiger partial charge in [0, 0.05) is 38.1 Å². The molecule has 1 saturated heterocycles. The number of carboxylic acids is 1. The van der Waals surface area contributed by atoms with E-state index in [1.807, 2.05) is 23.7 Å². The molecule has 1 N–H and O–H groups in total. The lowest BCUT2D eigenvalue weighted by Gasteiger charge is -2.26. The summed E-state index contributed by atoms with van der Waals surface area (Å²) >= 11 is 0. The van der Waals surface area contributed by atoms with Crippen LogP contribution in [-0.4, -0.2) is 46.8 Å². The molecule has 5 nitrogen and oxygen atoms in total. The van der Waals surface area contributed by atoms with E-state index in [0.29, 0.717) is 0 Å². The van der Waals surface area contributed by atoms with E-state index in [4.69, 9.17) is 9.84 Å². The zero-order valence-electron chi connectivity index (χ0n) is 10.1. The number of carbonyl (C=O) groups is 1. The largest absolute Gasteiger partial charge is 0.481 e. The highest BCUT2D eigenvalue weighted by Crippen LogP contribution is 2.11. The van der Waals surface area contributed by atoms with Gasteiger partial charge in [-0.15, -0.1) is 0 Å². The first-order valence-electron chi connectivity index (χ1n) is 5.82. The van der Waals surface area contributed by atoms with Gasteiger partial charge in [0.05, 0.1) is 19.6 Å². The van der Waals surface area contributed by atoms with Crippen LogP contribution in [0.3, 0.4) is 0 Å². The number of rotatable bonds is 4. The van der Waals surface area contributed by atoms with Crippen LogP contribution in [-0.2, 0) is 29.5 Å². The summed E-state index contributed by atoms with van der Waals surface area (Å²) in [6.45, 7) is 4.32. The summed E-state index contributed by atoms with van der Waals surface area (Å²) in [5.74, 6) is -0.788. The third-order valence-corrected chi connectivity index (χ3v) is 3.15. The number of nitrogens with zero attached hydrogens (tertiary/aromatic N) is 2. The monoisotopic (exact) mass is 238 g/mol. The molecule has 5 heteroatoms. The van der Waals surface area contributed by atoms with Crippen LogP contribution < -0.4 is 0 Å². The van der Waals surface area contributed by atoms with E-state index in [0.717, 1.165) is 44.2 Å². The van der Waals surface area contributed by atoms with Crippen molar-refractivity contribution in [2.24, 2.45) is 7.05 Å². The maximum Gasteiger partial charge on any atom is 0.309 e. The zero-order chi connectivity index (χ0) is 12.3. The van der Waals surface area contributed by atoms with Crippen molar-refractivity contribution in [3.63, 3.8) is 0 Å². The molecular formula is C12H18N2O3. The molecule has 17 heavy (non-hydrogen) atoms. The molecule has 0 spiro atoms. The van der Waals surface area contributed by atoms with E-state index in [9.17, 15) is 4.79 Å². The Balaban J connectivity index is 2.00. The molecule has 2 heterocycles. The SMILES string of the molecule is Cn1c(CC(=O)O)ccc1CN1CCOCC1. The van der Waals surface area contributed by atoms with E-state index < -0.39 is 5.97 Å². The molecule has 0 aromatic carbocycles. The number of hydrogen-bond acceptors (Lipinski definition) is 3. The summed E-state index contributed by atoms with van der Waals surface area (Å²) in [5, 5.41) is 8.78. The Bertz CT molecular complexity index is 394. The Kier molecular flexibility index (Phi) is 3.81. The Morgan fingerprint density at radius 3 is 2.65 bits per heavy atom. The van der Waals surface area contributed by atoms with E-state index in [2.05, 4.69) is 4.90 Å². The second-order valence-electron chi connectivity index (χ2n) is 4.33. The standard InChI is InChI=1S/C12H18N2O3/c1-13-10(8-12(15)16)2-3-11(13)9-14-4-6-17-7-5-14/h2-3H,4-9H2,1H3,(H,15,16). The molecule has 0 atom stereocenters. The fourth-order valence-corrected chi connectivity index (χ4v) is 2.08. The van der Waals surface area contributed by atoms with Gasteiger partial charge < -0.3 is 14.4 Å². The van der Waals surface area contributed by atoms with Gasteiger partial charge in [-0.25, -0.2) is 0 Å². The summed E-state index contributed by atoms with van der Waals surface area (Å²) in [5.41, 5.74) is 2.00. The molecule has 0 saturated carbocycles. The van der Waals surface area contributed by atoms with Crippen molar-refractivity contribution in [3.05, 3.63) is 23.5 Å². The summed E-state index contributed by atoms with van der Waals surface area (Å²) in [6.07, 6.45) is 0.0829. The minimum absolute atomic E-state index is 0.0829. The van der Waals surface area contributed by atoms with Crippen molar-refractivity contribution in [2.75, 3.05) is 26.3 Å². The maximum atomic E-state index is 10.7. The molecule has 0 amide bonds. The van der Waals surface area contributed by atoms with Crippen molar-refractivity contribution < 1.29 is 14.6 Å². The summed E-state index contributed by atoms with van der Waals surface area (Å²) in [7, 11) is 1.92. The average molecular weight is 238 g/mol. The number of aliphatic carboxylic acids is 1. The van der Waals surface area contributed by atoms with Gasteiger partial charge in [0.15, 0.2) is 0 Å². The van der Waals surface area contributed by atoms with Crippen LogP contribution >= 0.6 is 0 Å². The van der Waals surface area contributed by atoms with E-state index in [-0.39, 0.29) is 6.42 Å². The van der Waals surface area contributed by atoms with Crippen LogP contribution in [0.4, 0.5) is 0 Å². The molecule has 0 radical (unpaired) electrons. The molecule has 1 fully saturated rings. The Morgan fingerprint density at radius 1 is 1.35 bits per heavy atom. The predicted molar refractivity (Wildman–Crippen MR) is 62.8 cm³/mol. The number of aromatic nitrogens is 1. The zero-order valence-corrected chi connectivity index (χ0v) is 10.1. The van der Waals surface area contributed by atoms with Crippen LogP contribution in [0.1, 0.15) is 11.4 Å². The number of morpholine rings is 1. The molecule has 0 unspecified atom stereocenters. The minimum Gasteiger partial charge on any atom is -0.481 e. The molecule has 1 aliphatic rings. The average Bonchev–Trinajstić information content (AvgIpc) is 2.62. The van der Waals surface area contributed by atoms with Gasteiger partial charge in [-0.1, -0.05) is 0 Å². The van der Waals surface area contributed by atoms with E-state index in [1.54, 1.807) is 0 Å². The third-order valence-electron chi connectivity index (χ3n) is 3.15. The second-order valence-corrected chi connectivity index (χ2v) is 4.33. The Hall–Kier alpha value is -1.33. The van der Waals surface area contributed by atoms with Crippen LogP contribution in [0.25, 0.3) is 0 Å². The lowest BCUT2D eigenvalue weighted by atomic mass is 10.3. The highest BCUT2D eigenvalue weighted by molar-refractivity contribution is 5.69. The van der Waals surface area contributed by atoms with Crippen LogP contribution in [0.15, 0.2) is 12.1 Å². The van der Waals surface area contributed by atoms with Gasteiger partial charge in [0.2, 0.25) is 0 Å². The van der Waals surface area contributed by atoms with E-state index in [1.165, 1.54) is 0 Å². The summed E-state index contributed by atoms with van der Waals surface area (Å²) in [6, 6.07) is 3.90. The van der Waals surface area contributed by atoms with Gasteiger partial charge in [-0.3, -0.25) is 9.69 Å². The van der Waals surface area contributed by atoms with Gasteiger partial charge in [0.1, 0.15) is 0 Å². The summed E-state index contributed by atoms with van der Waals surface area (Å²) < 4.78 is 7.28. The van der Waals surface area contributed by atoms with Crippen molar-refractivity contribution >= 4 is 5.97 Å². The molecule has 0 aliphatic carbocycles. The molecular weight excluding hydrogens is 220 g/mol. The first-order valence-corrected chi connectivity index (χ1v) is 5.82. The van der Waals surface area contributed by atoms with Crippen molar-refractivity contribution in [2.45, 2.75) is 13.0 Å². The lowest BCUT2D eigenvalue weighted by Crippen LogP contribution is -2.36. The van der Waals surface area contributed by atoms with Crippen LogP contribution in [0.2, 0.25) is 0 Å². The first kappa shape index (κ1) is 12.1. The highest BCUT2D eigenvalue weighted by atomic mass is 16.5. The smallest absolute Gasteiger partial charge is 0.309 e. The lowest BCUT2D eigenvalue weighted by molar-refractivity contribution is -0.136. The van der Waals surface area contributed by atoms with Gasteiger partial charge in [0.25, 0.3) is 0 Å². The Labute approximate surface area is 101 Å². The fourth-order valence-electron chi connectivity index (χ4n) is 2.08. The van der Waals surface area contributed by atoms with Crippen molar-refractivity contribution in [1.82, 2.24) is 9.47 Å². The Morgan fingerprint density at radius 2 is 2.00 bits per heavy atom. The minimum atomic E-state index is -0.788. The molecule has 1 aromatic heterocycles. The van der Waals surface area contributed by atoms with Crippen LogP contribution in [0.5, 0.6) is 0 Å². The normalized spacial score (nSPS) is 17.2. The highest BCUT2D eigenvalue weighted by Gasteiger charge is 2.14. The topological polar surface area (TPSA) is 54.7 Å². The maximum absolute atomic E-state index is 10.7. The summed E-state index contributed by atoms with van der Waals surface area (Å²) in [4.78, 5) is 13.0. The predicted octanol–water partition coefficient (Wildman–Crippen LogP) is 0.484. The van der Waals surface area contributed by atoms with E-state index >= 15 is 0 Å². The molecule has 1 aliphatic heterocycles. The van der Waals surface area contributed by atoms with Gasteiger partial charge in [-0.2, -0.15) is 0 Å². The van der Waals surface area contributed by atoms with Crippen molar-refractivity contribution in [1.29, 1.82) is 0 Å². The number of ether oxygens (including phenoxy) is 1. The molecule has 0 bridgehead atoms. The fraction of sp³-hybridized carbons (Fsp3) is 0.583. The van der Waals surface area contributed by atoms with Crippen LogP contribution in [0, 0.1) is 0 Å². The third kappa shape index (κ3) is 3.08. The molecule has 1 aromatic rings.